The molecule has 0 aliphatic heterocycles. The summed E-state index contributed by atoms with van der Waals surface area (Å²) in [6.07, 6.45) is 7.79. The van der Waals surface area contributed by atoms with Gasteiger partial charge in [-0.2, -0.15) is 0 Å². The van der Waals surface area contributed by atoms with E-state index in [9.17, 15) is 0 Å². The van der Waals surface area contributed by atoms with Crippen LogP contribution in [-0.2, 0) is 0 Å². The van der Waals surface area contributed by atoms with Crippen molar-refractivity contribution in [1.29, 1.82) is 0 Å². The standard InChI is InChI=1S/C14H18BrN3/c15-12-8-6-11(7-9-12)3-2-10-17-14(16)18-13-4-1-5-13/h2-3,6-9,13H,1,4-5,10H2,(H3,16,17,18)/b3-2+. The molecule has 1 aromatic carbocycles. The van der Waals surface area contributed by atoms with Crippen molar-refractivity contribution in [2.24, 2.45) is 10.7 Å². The van der Waals surface area contributed by atoms with Gasteiger partial charge in [-0.25, -0.2) is 4.99 Å². The van der Waals surface area contributed by atoms with E-state index in [0.29, 0.717) is 18.5 Å². The number of rotatable bonds is 4. The van der Waals surface area contributed by atoms with Gasteiger partial charge in [-0.15, -0.1) is 0 Å². The molecule has 0 spiro atoms. The van der Waals surface area contributed by atoms with Crippen molar-refractivity contribution in [1.82, 2.24) is 5.32 Å². The zero-order valence-electron chi connectivity index (χ0n) is 10.3. The molecule has 1 aliphatic carbocycles. The lowest BCUT2D eigenvalue weighted by molar-refractivity contribution is 0.382. The molecule has 0 heterocycles. The molecule has 1 saturated carbocycles. The molecule has 0 aromatic heterocycles. The van der Waals surface area contributed by atoms with Crippen LogP contribution in [0, 0.1) is 0 Å². The summed E-state index contributed by atoms with van der Waals surface area (Å²) in [5.41, 5.74) is 6.95. The predicted molar refractivity (Wildman–Crippen MR) is 80.4 cm³/mol. The summed E-state index contributed by atoms with van der Waals surface area (Å²) < 4.78 is 1.09. The van der Waals surface area contributed by atoms with E-state index in [1.165, 1.54) is 24.8 Å². The maximum Gasteiger partial charge on any atom is 0.189 e. The van der Waals surface area contributed by atoms with Gasteiger partial charge in [0.1, 0.15) is 0 Å². The maximum absolute atomic E-state index is 5.78. The number of nitrogens with one attached hydrogen (secondary N) is 1. The number of nitrogens with two attached hydrogens (primary N) is 1. The second-order valence-corrected chi connectivity index (χ2v) is 5.37. The van der Waals surface area contributed by atoms with Gasteiger partial charge in [0.05, 0.1) is 6.54 Å². The van der Waals surface area contributed by atoms with Crippen LogP contribution in [0.15, 0.2) is 39.8 Å². The van der Waals surface area contributed by atoms with E-state index in [1.54, 1.807) is 0 Å². The molecule has 0 saturated heterocycles. The molecule has 4 heteroatoms. The van der Waals surface area contributed by atoms with Crippen LogP contribution in [0.5, 0.6) is 0 Å². The molecule has 3 N–H and O–H groups in total. The lowest BCUT2D eigenvalue weighted by Gasteiger charge is -2.26. The van der Waals surface area contributed by atoms with Gasteiger partial charge in [-0.05, 0) is 37.0 Å². The van der Waals surface area contributed by atoms with Crippen molar-refractivity contribution in [3.63, 3.8) is 0 Å². The molecule has 0 radical (unpaired) electrons. The summed E-state index contributed by atoms with van der Waals surface area (Å²) in [4.78, 5) is 4.27. The van der Waals surface area contributed by atoms with E-state index >= 15 is 0 Å². The molecule has 1 aromatic rings. The van der Waals surface area contributed by atoms with Crippen LogP contribution >= 0.6 is 15.9 Å². The van der Waals surface area contributed by atoms with Crippen LogP contribution in [0.1, 0.15) is 24.8 Å². The van der Waals surface area contributed by atoms with Crippen LogP contribution in [-0.4, -0.2) is 18.5 Å². The molecule has 0 atom stereocenters. The fraction of sp³-hybridized carbons (Fsp3) is 0.357. The van der Waals surface area contributed by atoms with Gasteiger partial charge < -0.3 is 11.1 Å². The number of nitrogens with zero attached hydrogens (tertiary/aromatic N) is 1. The molecule has 0 bridgehead atoms. The van der Waals surface area contributed by atoms with Crippen molar-refractivity contribution < 1.29 is 0 Å². The highest BCUT2D eigenvalue weighted by Crippen LogP contribution is 2.17. The van der Waals surface area contributed by atoms with Crippen LogP contribution in [0.4, 0.5) is 0 Å². The lowest BCUT2D eigenvalue weighted by Crippen LogP contribution is -2.43. The smallest absolute Gasteiger partial charge is 0.189 e. The Morgan fingerprint density at radius 1 is 1.39 bits per heavy atom. The minimum Gasteiger partial charge on any atom is -0.370 e. The SMILES string of the molecule is NC(=NC/C=C/c1ccc(Br)cc1)NC1CCC1. The second kappa shape index (κ2) is 6.59. The molecular formula is C14H18BrN3. The van der Waals surface area contributed by atoms with Gasteiger partial charge >= 0.3 is 0 Å². The normalized spacial score (nSPS) is 16.8. The summed E-state index contributed by atoms with van der Waals surface area (Å²) in [7, 11) is 0. The third-order valence-corrected chi connectivity index (χ3v) is 3.53. The summed E-state index contributed by atoms with van der Waals surface area (Å²) in [5.74, 6) is 0.556. The first kappa shape index (κ1) is 13.1. The summed E-state index contributed by atoms with van der Waals surface area (Å²) in [5, 5.41) is 3.21. The van der Waals surface area contributed by atoms with Crippen LogP contribution in [0.3, 0.4) is 0 Å². The number of hydrogen-bond donors (Lipinski definition) is 2. The average molecular weight is 308 g/mol. The molecule has 2 rings (SSSR count). The van der Waals surface area contributed by atoms with Crippen molar-refractivity contribution in [2.45, 2.75) is 25.3 Å². The van der Waals surface area contributed by atoms with E-state index in [-0.39, 0.29) is 0 Å². The fourth-order valence-electron chi connectivity index (χ4n) is 1.72. The minimum absolute atomic E-state index is 0.546. The number of halogens is 1. The van der Waals surface area contributed by atoms with E-state index in [4.69, 9.17) is 5.73 Å². The van der Waals surface area contributed by atoms with Gasteiger partial charge in [0.2, 0.25) is 0 Å². The molecule has 96 valence electrons. The Hall–Kier alpha value is -1.29. The summed E-state index contributed by atoms with van der Waals surface area (Å²) >= 11 is 3.41. The first-order valence-electron chi connectivity index (χ1n) is 6.22. The molecular weight excluding hydrogens is 290 g/mol. The molecule has 0 unspecified atom stereocenters. The van der Waals surface area contributed by atoms with E-state index in [2.05, 4.69) is 38.4 Å². The Bertz CT molecular complexity index is 433. The Kier molecular flexibility index (Phi) is 4.81. The van der Waals surface area contributed by atoms with Crippen LogP contribution in [0.2, 0.25) is 0 Å². The monoisotopic (exact) mass is 307 g/mol. The third kappa shape index (κ3) is 4.18. The largest absolute Gasteiger partial charge is 0.370 e. The predicted octanol–water partition coefficient (Wildman–Crippen LogP) is 2.92. The maximum atomic E-state index is 5.78. The topological polar surface area (TPSA) is 50.4 Å². The van der Waals surface area contributed by atoms with E-state index in [0.717, 1.165) is 4.47 Å². The number of hydrogen-bond acceptors (Lipinski definition) is 1. The number of guanidine groups is 1. The highest BCUT2D eigenvalue weighted by molar-refractivity contribution is 9.10. The summed E-state index contributed by atoms with van der Waals surface area (Å²) in [6.45, 7) is 0.613. The van der Waals surface area contributed by atoms with E-state index in [1.807, 2.05) is 24.3 Å². The van der Waals surface area contributed by atoms with Crippen molar-refractivity contribution in [2.75, 3.05) is 6.54 Å². The molecule has 0 amide bonds. The number of benzene rings is 1. The van der Waals surface area contributed by atoms with Gasteiger partial charge in [0.15, 0.2) is 5.96 Å². The number of aliphatic imine (C=N–C) groups is 1. The first-order valence-corrected chi connectivity index (χ1v) is 7.02. The van der Waals surface area contributed by atoms with Gasteiger partial charge in [0, 0.05) is 10.5 Å². The lowest BCUT2D eigenvalue weighted by atomic mass is 9.93. The van der Waals surface area contributed by atoms with Gasteiger partial charge in [-0.1, -0.05) is 40.2 Å². The quantitative estimate of drug-likeness (QED) is 0.664. The zero-order chi connectivity index (χ0) is 12.8. The minimum atomic E-state index is 0.546. The van der Waals surface area contributed by atoms with E-state index < -0.39 is 0 Å². The molecule has 3 nitrogen and oxygen atoms in total. The van der Waals surface area contributed by atoms with Crippen molar-refractivity contribution in [3.8, 4) is 0 Å². The highest BCUT2D eigenvalue weighted by Gasteiger charge is 2.16. The van der Waals surface area contributed by atoms with Crippen molar-refractivity contribution >= 4 is 28.0 Å². The van der Waals surface area contributed by atoms with Crippen LogP contribution in [0.25, 0.3) is 6.08 Å². The molecule has 18 heavy (non-hydrogen) atoms. The zero-order valence-corrected chi connectivity index (χ0v) is 11.9. The molecule has 1 fully saturated rings. The summed E-state index contributed by atoms with van der Waals surface area (Å²) in [6, 6.07) is 8.70. The van der Waals surface area contributed by atoms with Crippen molar-refractivity contribution in [3.05, 3.63) is 40.4 Å². The Morgan fingerprint density at radius 2 is 2.11 bits per heavy atom. The Labute approximate surface area is 116 Å². The fourth-order valence-corrected chi connectivity index (χ4v) is 1.99. The van der Waals surface area contributed by atoms with Gasteiger partial charge in [0.25, 0.3) is 0 Å². The van der Waals surface area contributed by atoms with Gasteiger partial charge in [-0.3, -0.25) is 0 Å². The third-order valence-electron chi connectivity index (χ3n) is 3.00. The Balaban J connectivity index is 1.76. The Morgan fingerprint density at radius 3 is 2.72 bits per heavy atom. The second-order valence-electron chi connectivity index (χ2n) is 4.45. The molecule has 1 aliphatic rings. The van der Waals surface area contributed by atoms with Crippen LogP contribution < -0.4 is 11.1 Å². The average Bonchev–Trinajstić information content (AvgIpc) is 2.32. The first-order chi connectivity index (χ1) is 8.74. The highest BCUT2D eigenvalue weighted by atomic mass is 79.9.